The molecule has 23 heavy (non-hydrogen) atoms. The zero-order valence-corrected chi connectivity index (χ0v) is 12.5. The number of carboxylic acid groups (broad SMARTS) is 1. The van der Waals surface area contributed by atoms with E-state index in [0.29, 0.717) is 17.0 Å². The standard InChI is InChI=1S/C15H16F2N4O2/c1-21-19-13(18-20-21)10-4-2-9(3-5-10)12(14(22)23)11-6-7-15(16,17)8-11/h2-5,11-12H,6-8H2,1H3,(H,22,23). The second-order valence-corrected chi connectivity index (χ2v) is 5.90. The summed E-state index contributed by atoms with van der Waals surface area (Å²) in [4.78, 5) is 12.9. The van der Waals surface area contributed by atoms with Gasteiger partial charge in [-0.15, -0.1) is 10.2 Å². The number of aliphatic carboxylic acids is 1. The number of aryl methyl sites for hydroxylation is 1. The molecule has 6 nitrogen and oxygen atoms in total. The van der Waals surface area contributed by atoms with Crippen molar-refractivity contribution in [1.29, 1.82) is 0 Å². The van der Waals surface area contributed by atoms with Crippen LogP contribution in [0.5, 0.6) is 0 Å². The molecule has 2 aromatic rings. The first-order valence-electron chi connectivity index (χ1n) is 7.31. The Morgan fingerprint density at radius 1 is 1.39 bits per heavy atom. The molecule has 1 aliphatic rings. The van der Waals surface area contributed by atoms with Crippen LogP contribution in [0.1, 0.15) is 30.7 Å². The molecule has 0 spiro atoms. The minimum absolute atomic E-state index is 0.220. The molecule has 2 unspecified atom stereocenters. The third-order valence-corrected chi connectivity index (χ3v) is 4.22. The van der Waals surface area contributed by atoms with E-state index in [0.717, 1.165) is 0 Å². The number of aromatic nitrogens is 4. The van der Waals surface area contributed by atoms with Crippen LogP contribution in [0.3, 0.4) is 0 Å². The highest BCUT2D eigenvalue weighted by Gasteiger charge is 2.45. The molecule has 8 heteroatoms. The third-order valence-electron chi connectivity index (χ3n) is 4.22. The van der Waals surface area contributed by atoms with E-state index < -0.39 is 23.7 Å². The number of alkyl halides is 2. The molecule has 1 aromatic heterocycles. The van der Waals surface area contributed by atoms with Crippen molar-refractivity contribution in [1.82, 2.24) is 20.2 Å². The molecular weight excluding hydrogens is 306 g/mol. The van der Waals surface area contributed by atoms with Gasteiger partial charge in [-0.2, -0.15) is 4.80 Å². The zero-order chi connectivity index (χ0) is 16.6. The van der Waals surface area contributed by atoms with Crippen molar-refractivity contribution in [2.75, 3.05) is 0 Å². The quantitative estimate of drug-likeness (QED) is 0.935. The Bertz CT molecular complexity index is 715. The summed E-state index contributed by atoms with van der Waals surface area (Å²) in [6, 6.07) is 6.66. The van der Waals surface area contributed by atoms with Crippen LogP contribution in [-0.4, -0.2) is 37.2 Å². The molecule has 122 valence electrons. The SMILES string of the molecule is Cn1nnc(-c2ccc(C(C(=O)O)C3CCC(F)(F)C3)cc2)n1. The topological polar surface area (TPSA) is 80.9 Å². The summed E-state index contributed by atoms with van der Waals surface area (Å²) in [7, 11) is 1.64. The van der Waals surface area contributed by atoms with E-state index in [4.69, 9.17) is 0 Å². The van der Waals surface area contributed by atoms with E-state index in [1.165, 1.54) is 4.80 Å². The molecule has 1 N–H and O–H groups in total. The summed E-state index contributed by atoms with van der Waals surface area (Å²) < 4.78 is 26.8. The Labute approximate surface area is 131 Å². The van der Waals surface area contributed by atoms with Gasteiger partial charge in [0.25, 0.3) is 0 Å². The van der Waals surface area contributed by atoms with Crippen LogP contribution in [0.2, 0.25) is 0 Å². The number of carbonyl (C=O) groups is 1. The normalized spacial score (nSPS) is 21.3. The van der Waals surface area contributed by atoms with Crippen LogP contribution >= 0.6 is 0 Å². The Morgan fingerprint density at radius 2 is 2.09 bits per heavy atom. The van der Waals surface area contributed by atoms with Crippen molar-refractivity contribution in [3.05, 3.63) is 29.8 Å². The number of hydrogen-bond donors (Lipinski definition) is 1. The minimum atomic E-state index is -2.76. The van der Waals surface area contributed by atoms with Gasteiger partial charge < -0.3 is 5.11 Å². The Balaban J connectivity index is 1.85. The van der Waals surface area contributed by atoms with Crippen LogP contribution in [0.25, 0.3) is 11.4 Å². The maximum Gasteiger partial charge on any atom is 0.311 e. The van der Waals surface area contributed by atoms with Crippen molar-refractivity contribution >= 4 is 5.97 Å². The van der Waals surface area contributed by atoms with Crippen molar-refractivity contribution < 1.29 is 18.7 Å². The first-order valence-corrected chi connectivity index (χ1v) is 7.31. The zero-order valence-electron chi connectivity index (χ0n) is 12.5. The average Bonchev–Trinajstić information content (AvgIpc) is 3.06. The van der Waals surface area contributed by atoms with Gasteiger partial charge in [-0.05, 0) is 23.1 Å². The minimum Gasteiger partial charge on any atom is -0.481 e. The molecule has 0 amide bonds. The molecule has 1 heterocycles. The fraction of sp³-hybridized carbons (Fsp3) is 0.467. The monoisotopic (exact) mass is 322 g/mol. The number of halogens is 2. The Hall–Kier alpha value is -2.38. The molecule has 1 saturated carbocycles. The van der Waals surface area contributed by atoms with Crippen molar-refractivity contribution in [2.24, 2.45) is 13.0 Å². The molecule has 0 bridgehead atoms. The van der Waals surface area contributed by atoms with Gasteiger partial charge >= 0.3 is 5.97 Å². The van der Waals surface area contributed by atoms with Crippen LogP contribution in [-0.2, 0) is 11.8 Å². The highest BCUT2D eigenvalue weighted by molar-refractivity contribution is 5.77. The fourth-order valence-corrected chi connectivity index (χ4v) is 3.12. The predicted molar refractivity (Wildman–Crippen MR) is 76.9 cm³/mol. The van der Waals surface area contributed by atoms with Gasteiger partial charge in [0.1, 0.15) is 0 Å². The molecule has 1 aromatic carbocycles. The second kappa shape index (κ2) is 5.68. The maximum atomic E-state index is 13.4. The van der Waals surface area contributed by atoms with Gasteiger partial charge in [-0.1, -0.05) is 24.3 Å². The van der Waals surface area contributed by atoms with Crippen LogP contribution < -0.4 is 0 Å². The summed E-state index contributed by atoms with van der Waals surface area (Å²) >= 11 is 0. The van der Waals surface area contributed by atoms with E-state index in [1.54, 1.807) is 31.3 Å². The third kappa shape index (κ3) is 3.20. The van der Waals surface area contributed by atoms with Crippen molar-refractivity contribution in [3.63, 3.8) is 0 Å². The second-order valence-electron chi connectivity index (χ2n) is 5.90. The summed E-state index contributed by atoms with van der Waals surface area (Å²) in [5.41, 5.74) is 1.22. The van der Waals surface area contributed by atoms with Crippen molar-refractivity contribution in [3.8, 4) is 11.4 Å². The van der Waals surface area contributed by atoms with E-state index in [9.17, 15) is 18.7 Å². The summed E-state index contributed by atoms with van der Waals surface area (Å²) in [5.74, 6) is -4.88. The van der Waals surface area contributed by atoms with Crippen molar-refractivity contribution in [2.45, 2.75) is 31.1 Å². The molecule has 2 atom stereocenters. The summed E-state index contributed by atoms with van der Waals surface area (Å²) in [5, 5.41) is 21.1. The Kier molecular flexibility index (Phi) is 3.83. The van der Waals surface area contributed by atoms with Gasteiger partial charge in [0.05, 0.1) is 13.0 Å². The largest absolute Gasteiger partial charge is 0.481 e. The van der Waals surface area contributed by atoms with Gasteiger partial charge in [-0.3, -0.25) is 4.79 Å². The number of rotatable bonds is 4. The first kappa shape index (κ1) is 15.5. The fourth-order valence-electron chi connectivity index (χ4n) is 3.12. The molecule has 1 fully saturated rings. The molecule has 1 aliphatic carbocycles. The van der Waals surface area contributed by atoms with E-state index in [-0.39, 0.29) is 19.3 Å². The number of carboxylic acids is 1. The predicted octanol–water partition coefficient (Wildman–Crippen LogP) is 2.48. The highest BCUT2D eigenvalue weighted by atomic mass is 19.3. The molecule has 0 aliphatic heterocycles. The lowest BCUT2D eigenvalue weighted by Crippen LogP contribution is -2.21. The highest BCUT2D eigenvalue weighted by Crippen LogP contribution is 2.45. The van der Waals surface area contributed by atoms with E-state index in [2.05, 4.69) is 15.4 Å². The smallest absolute Gasteiger partial charge is 0.311 e. The van der Waals surface area contributed by atoms with Gasteiger partial charge in [0, 0.05) is 18.4 Å². The van der Waals surface area contributed by atoms with Gasteiger partial charge in [-0.25, -0.2) is 8.78 Å². The van der Waals surface area contributed by atoms with E-state index in [1.807, 2.05) is 0 Å². The number of hydrogen-bond acceptors (Lipinski definition) is 4. The lowest BCUT2D eigenvalue weighted by Gasteiger charge is -2.20. The first-order chi connectivity index (χ1) is 10.9. The van der Waals surface area contributed by atoms with E-state index >= 15 is 0 Å². The van der Waals surface area contributed by atoms with Crippen LogP contribution in [0.4, 0.5) is 8.78 Å². The number of tetrazole rings is 1. The number of nitrogens with zero attached hydrogens (tertiary/aromatic N) is 4. The van der Waals surface area contributed by atoms with Gasteiger partial charge in [0.15, 0.2) is 0 Å². The van der Waals surface area contributed by atoms with Crippen LogP contribution in [0.15, 0.2) is 24.3 Å². The van der Waals surface area contributed by atoms with Crippen LogP contribution in [0, 0.1) is 5.92 Å². The molecule has 3 rings (SSSR count). The molecular formula is C15H16F2N4O2. The van der Waals surface area contributed by atoms with Gasteiger partial charge in [0.2, 0.25) is 11.7 Å². The summed E-state index contributed by atoms with van der Waals surface area (Å²) in [6.45, 7) is 0. The lowest BCUT2D eigenvalue weighted by atomic mass is 9.84. The molecule has 0 saturated heterocycles. The lowest BCUT2D eigenvalue weighted by molar-refractivity contribution is -0.140. The summed E-state index contributed by atoms with van der Waals surface area (Å²) in [6.07, 6.45) is -0.405. The molecule has 0 radical (unpaired) electrons. The number of benzene rings is 1. The maximum absolute atomic E-state index is 13.4. The average molecular weight is 322 g/mol. The Morgan fingerprint density at radius 3 is 2.57 bits per heavy atom.